The molecule has 16 heavy (non-hydrogen) atoms. The maximum atomic E-state index is 5.44. The van der Waals surface area contributed by atoms with Crippen molar-refractivity contribution in [3.05, 3.63) is 34.9 Å². The molecule has 2 rings (SSSR count). The van der Waals surface area contributed by atoms with Gasteiger partial charge in [0.05, 0.1) is 5.57 Å². The summed E-state index contributed by atoms with van der Waals surface area (Å²) in [5.74, 6) is 5.20. The number of rotatable bonds is 0. The SMILES string of the molecule is C#CC(C#C)=C1CCNc2ccc(C)cc21. The summed E-state index contributed by atoms with van der Waals surface area (Å²) in [7, 11) is 0. The van der Waals surface area contributed by atoms with Gasteiger partial charge in [-0.2, -0.15) is 0 Å². The monoisotopic (exact) mass is 207 g/mol. The molecule has 1 aliphatic heterocycles. The quantitative estimate of drug-likeness (QED) is 0.645. The zero-order chi connectivity index (χ0) is 11.5. The van der Waals surface area contributed by atoms with E-state index in [-0.39, 0.29) is 0 Å². The number of benzene rings is 1. The molecule has 0 fully saturated rings. The minimum absolute atomic E-state index is 0.674. The van der Waals surface area contributed by atoms with Crippen LogP contribution in [0.4, 0.5) is 5.69 Å². The smallest absolute Gasteiger partial charge is 0.0778 e. The summed E-state index contributed by atoms with van der Waals surface area (Å²) < 4.78 is 0. The number of aryl methyl sites for hydroxylation is 1. The van der Waals surface area contributed by atoms with Gasteiger partial charge in [0.2, 0.25) is 0 Å². The van der Waals surface area contributed by atoms with E-state index in [1.165, 1.54) is 5.56 Å². The van der Waals surface area contributed by atoms with E-state index >= 15 is 0 Å². The fraction of sp³-hybridized carbons (Fsp3) is 0.200. The van der Waals surface area contributed by atoms with Crippen LogP contribution in [-0.2, 0) is 0 Å². The van der Waals surface area contributed by atoms with Crippen LogP contribution in [0.1, 0.15) is 17.5 Å². The molecule has 0 radical (unpaired) electrons. The first kappa shape index (κ1) is 10.4. The van der Waals surface area contributed by atoms with Gasteiger partial charge in [0.15, 0.2) is 0 Å². The second kappa shape index (κ2) is 4.17. The summed E-state index contributed by atoms with van der Waals surface area (Å²) >= 11 is 0. The Balaban J connectivity index is 2.66. The van der Waals surface area contributed by atoms with Crippen LogP contribution in [0, 0.1) is 31.6 Å². The Hall–Kier alpha value is -2.12. The lowest BCUT2D eigenvalue weighted by molar-refractivity contribution is 1.04. The van der Waals surface area contributed by atoms with E-state index < -0.39 is 0 Å². The molecule has 1 aromatic carbocycles. The van der Waals surface area contributed by atoms with Crippen molar-refractivity contribution in [1.82, 2.24) is 0 Å². The summed E-state index contributed by atoms with van der Waals surface area (Å²) in [6.45, 7) is 2.95. The van der Waals surface area contributed by atoms with Crippen molar-refractivity contribution in [2.24, 2.45) is 0 Å². The third kappa shape index (κ3) is 1.69. The largest absolute Gasteiger partial charge is 0.384 e. The second-order valence-corrected chi connectivity index (χ2v) is 3.87. The highest BCUT2D eigenvalue weighted by Gasteiger charge is 2.15. The summed E-state index contributed by atoms with van der Waals surface area (Å²) in [5, 5.41) is 3.35. The number of anilines is 1. The van der Waals surface area contributed by atoms with Crippen molar-refractivity contribution in [2.75, 3.05) is 11.9 Å². The van der Waals surface area contributed by atoms with E-state index in [9.17, 15) is 0 Å². The molecule has 0 aromatic heterocycles. The Morgan fingerprint density at radius 3 is 2.75 bits per heavy atom. The average molecular weight is 207 g/mol. The van der Waals surface area contributed by atoms with E-state index in [0.717, 1.165) is 29.8 Å². The van der Waals surface area contributed by atoms with Crippen LogP contribution < -0.4 is 5.32 Å². The molecule has 1 heterocycles. The van der Waals surface area contributed by atoms with Gasteiger partial charge in [0, 0.05) is 17.8 Å². The fourth-order valence-electron chi connectivity index (χ4n) is 1.99. The second-order valence-electron chi connectivity index (χ2n) is 3.87. The lowest BCUT2D eigenvalue weighted by Crippen LogP contribution is -2.12. The van der Waals surface area contributed by atoms with Gasteiger partial charge in [0.25, 0.3) is 0 Å². The molecule has 1 nitrogen and oxygen atoms in total. The van der Waals surface area contributed by atoms with Crippen LogP contribution in [0.25, 0.3) is 5.57 Å². The molecule has 0 saturated carbocycles. The molecule has 0 atom stereocenters. The van der Waals surface area contributed by atoms with Crippen LogP contribution in [0.2, 0.25) is 0 Å². The van der Waals surface area contributed by atoms with Crippen molar-refractivity contribution in [1.29, 1.82) is 0 Å². The summed E-state index contributed by atoms with van der Waals surface area (Å²) in [6, 6.07) is 6.29. The summed E-state index contributed by atoms with van der Waals surface area (Å²) in [4.78, 5) is 0. The molecule has 0 saturated heterocycles. The number of fused-ring (bicyclic) bond motifs is 1. The molecule has 1 aliphatic rings. The standard InChI is InChI=1S/C15H13N/c1-4-12(5-2)13-8-9-16-15-7-6-11(3)10-14(13)15/h1-2,6-7,10,16H,8-9H2,3H3. The Kier molecular flexibility index (Phi) is 2.71. The lowest BCUT2D eigenvalue weighted by Gasteiger charge is -2.21. The van der Waals surface area contributed by atoms with Crippen LogP contribution in [0.15, 0.2) is 23.8 Å². The van der Waals surface area contributed by atoms with Crippen LogP contribution in [0.5, 0.6) is 0 Å². The van der Waals surface area contributed by atoms with E-state index in [2.05, 4.69) is 42.3 Å². The van der Waals surface area contributed by atoms with Gasteiger partial charge in [-0.3, -0.25) is 0 Å². The van der Waals surface area contributed by atoms with Gasteiger partial charge in [-0.15, -0.1) is 12.8 Å². The van der Waals surface area contributed by atoms with E-state index in [1.54, 1.807) is 0 Å². The molecule has 78 valence electrons. The highest BCUT2D eigenvalue weighted by atomic mass is 14.9. The first-order chi connectivity index (χ1) is 7.76. The topological polar surface area (TPSA) is 12.0 Å². The lowest BCUT2D eigenvalue weighted by atomic mass is 9.92. The average Bonchev–Trinajstić information content (AvgIpc) is 2.31. The van der Waals surface area contributed by atoms with Gasteiger partial charge in [-0.25, -0.2) is 0 Å². The summed E-state index contributed by atoms with van der Waals surface area (Å²) in [5.41, 5.74) is 5.27. The van der Waals surface area contributed by atoms with Gasteiger partial charge >= 0.3 is 0 Å². The number of hydrogen-bond acceptors (Lipinski definition) is 1. The molecule has 0 aliphatic carbocycles. The van der Waals surface area contributed by atoms with E-state index in [4.69, 9.17) is 12.8 Å². The summed E-state index contributed by atoms with van der Waals surface area (Å²) in [6.07, 6.45) is 11.8. The van der Waals surface area contributed by atoms with Crippen molar-refractivity contribution >= 4 is 11.3 Å². The Bertz CT molecular complexity index is 520. The van der Waals surface area contributed by atoms with E-state index in [1.807, 2.05) is 0 Å². The minimum atomic E-state index is 0.674. The molecule has 1 aromatic rings. The zero-order valence-corrected chi connectivity index (χ0v) is 9.30. The van der Waals surface area contributed by atoms with Gasteiger partial charge in [-0.1, -0.05) is 23.5 Å². The van der Waals surface area contributed by atoms with Crippen molar-refractivity contribution in [3.63, 3.8) is 0 Å². The van der Waals surface area contributed by atoms with Crippen molar-refractivity contribution in [2.45, 2.75) is 13.3 Å². The molecule has 0 bridgehead atoms. The van der Waals surface area contributed by atoms with Crippen molar-refractivity contribution in [3.8, 4) is 24.7 Å². The van der Waals surface area contributed by atoms with Crippen molar-refractivity contribution < 1.29 is 0 Å². The Morgan fingerprint density at radius 2 is 2.06 bits per heavy atom. The Labute approximate surface area is 96.6 Å². The number of nitrogens with one attached hydrogen (secondary N) is 1. The maximum absolute atomic E-state index is 5.44. The van der Waals surface area contributed by atoms with Crippen LogP contribution in [-0.4, -0.2) is 6.54 Å². The minimum Gasteiger partial charge on any atom is -0.384 e. The van der Waals surface area contributed by atoms with Gasteiger partial charge < -0.3 is 5.32 Å². The fourth-order valence-corrected chi connectivity index (χ4v) is 1.99. The van der Waals surface area contributed by atoms with Crippen LogP contribution in [0.3, 0.4) is 0 Å². The van der Waals surface area contributed by atoms with Gasteiger partial charge in [0.1, 0.15) is 0 Å². The number of allylic oxidation sites excluding steroid dienone is 1. The predicted molar refractivity (Wildman–Crippen MR) is 68.9 cm³/mol. The molecular weight excluding hydrogens is 194 g/mol. The molecule has 0 spiro atoms. The molecule has 0 amide bonds. The number of hydrogen-bond donors (Lipinski definition) is 1. The first-order valence-electron chi connectivity index (χ1n) is 5.27. The molecule has 1 N–H and O–H groups in total. The Morgan fingerprint density at radius 1 is 1.31 bits per heavy atom. The molecular formula is C15H13N. The third-order valence-electron chi connectivity index (χ3n) is 2.78. The van der Waals surface area contributed by atoms with Gasteiger partial charge in [-0.05, 0) is 31.1 Å². The third-order valence-corrected chi connectivity index (χ3v) is 2.78. The first-order valence-corrected chi connectivity index (χ1v) is 5.27. The maximum Gasteiger partial charge on any atom is 0.0778 e. The highest BCUT2D eigenvalue weighted by Crippen LogP contribution is 2.33. The normalized spacial score (nSPS) is 13.1. The molecule has 1 heteroatoms. The predicted octanol–water partition coefficient (Wildman–Crippen LogP) is 2.83. The van der Waals surface area contributed by atoms with Crippen LogP contribution >= 0.6 is 0 Å². The zero-order valence-electron chi connectivity index (χ0n) is 9.30. The highest BCUT2D eigenvalue weighted by molar-refractivity contribution is 5.85. The number of terminal acetylenes is 2. The molecule has 0 unspecified atom stereocenters. The van der Waals surface area contributed by atoms with E-state index in [0.29, 0.717) is 5.57 Å².